The summed E-state index contributed by atoms with van der Waals surface area (Å²) in [5.41, 5.74) is 6.46. The van der Waals surface area contributed by atoms with Gasteiger partial charge in [-0.2, -0.15) is 0 Å². The molecule has 1 rings (SSSR count). The molecule has 20 heavy (non-hydrogen) atoms. The molecular weight excluding hydrogens is 252 g/mol. The highest BCUT2D eigenvalue weighted by atomic mass is 16.5. The summed E-state index contributed by atoms with van der Waals surface area (Å²) in [6, 6.07) is 7.23. The van der Waals surface area contributed by atoms with Crippen LogP contribution in [0.2, 0.25) is 0 Å². The van der Waals surface area contributed by atoms with Gasteiger partial charge in [-0.15, -0.1) is 0 Å². The van der Waals surface area contributed by atoms with E-state index in [2.05, 4.69) is 5.32 Å². The van der Waals surface area contributed by atoms with Crippen LogP contribution in [0.3, 0.4) is 0 Å². The number of rotatable bonds is 8. The van der Waals surface area contributed by atoms with Crippen LogP contribution in [0.4, 0.5) is 0 Å². The zero-order valence-corrected chi connectivity index (χ0v) is 12.7. The van der Waals surface area contributed by atoms with Crippen LogP contribution in [-0.4, -0.2) is 24.6 Å². The molecule has 1 amide bonds. The van der Waals surface area contributed by atoms with Crippen LogP contribution in [0.15, 0.2) is 24.3 Å². The monoisotopic (exact) mass is 278 g/mol. The molecule has 0 atom stereocenters. The Bertz CT molecular complexity index is 428. The molecule has 0 aliphatic heterocycles. The largest absolute Gasteiger partial charge is 0.494 e. The number of amides is 1. The first-order valence-electron chi connectivity index (χ1n) is 7.34. The molecule has 4 heteroatoms. The fourth-order valence-electron chi connectivity index (χ4n) is 1.81. The van der Waals surface area contributed by atoms with E-state index in [0.717, 1.165) is 25.0 Å². The molecular formula is C16H26N2O2. The molecule has 0 aromatic heterocycles. The third-order valence-electron chi connectivity index (χ3n) is 3.58. The molecule has 112 valence electrons. The number of hydrogen-bond acceptors (Lipinski definition) is 3. The van der Waals surface area contributed by atoms with Crippen LogP contribution < -0.4 is 15.8 Å². The van der Waals surface area contributed by atoms with Crippen LogP contribution in [0.1, 0.15) is 50.4 Å². The molecule has 0 heterocycles. The highest BCUT2D eigenvalue weighted by molar-refractivity contribution is 5.94. The number of carbonyl (C=O) groups excluding carboxylic acids is 1. The first kappa shape index (κ1) is 16.5. The van der Waals surface area contributed by atoms with Crippen LogP contribution >= 0.6 is 0 Å². The number of carbonyl (C=O) groups is 1. The van der Waals surface area contributed by atoms with E-state index in [1.54, 1.807) is 12.1 Å². The quantitative estimate of drug-likeness (QED) is 0.768. The Morgan fingerprint density at radius 3 is 2.60 bits per heavy atom. The Morgan fingerprint density at radius 1 is 1.30 bits per heavy atom. The molecule has 0 fully saturated rings. The van der Waals surface area contributed by atoms with E-state index in [9.17, 15) is 4.79 Å². The number of benzene rings is 1. The standard InChI is InChI=1S/C16H26N2O2/c1-4-10-20-14-9-7-8-13(11-14)15(19)18-12-16(17,5-2)6-3/h7-9,11H,4-6,10,12,17H2,1-3H3,(H,18,19). The molecule has 0 aliphatic carbocycles. The number of nitrogens with one attached hydrogen (secondary N) is 1. The lowest BCUT2D eigenvalue weighted by molar-refractivity contribution is 0.0941. The van der Waals surface area contributed by atoms with Crippen LogP contribution in [-0.2, 0) is 0 Å². The van der Waals surface area contributed by atoms with Crippen LogP contribution in [0.25, 0.3) is 0 Å². The summed E-state index contributed by atoms with van der Waals surface area (Å²) >= 11 is 0. The second-order valence-corrected chi connectivity index (χ2v) is 5.13. The number of nitrogens with two attached hydrogens (primary N) is 1. The Balaban J connectivity index is 2.63. The fraction of sp³-hybridized carbons (Fsp3) is 0.562. The van der Waals surface area contributed by atoms with Crippen molar-refractivity contribution in [2.45, 2.75) is 45.6 Å². The summed E-state index contributed by atoms with van der Waals surface area (Å²) < 4.78 is 5.53. The summed E-state index contributed by atoms with van der Waals surface area (Å²) in [7, 11) is 0. The third-order valence-corrected chi connectivity index (χ3v) is 3.58. The summed E-state index contributed by atoms with van der Waals surface area (Å²) in [5, 5.41) is 2.91. The van der Waals surface area contributed by atoms with E-state index in [1.165, 1.54) is 0 Å². The van der Waals surface area contributed by atoms with Gasteiger partial charge in [0.25, 0.3) is 5.91 Å². The van der Waals surface area contributed by atoms with Crippen molar-refractivity contribution in [3.63, 3.8) is 0 Å². The van der Waals surface area contributed by atoms with Gasteiger partial charge in [0.05, 0.1) is 6.61 Å². The molecule has 0 spiro atoms. The molecule has 0 bridgehead atoms. The predicted octanol–water partition coefficient (Wildman–Crippen LogP) is 2.72. The maximum absolute atomic E-state index is 12.1. The van der Waals surface area contributed by atoms with Crippen molar-refractivity contribution >= 4 is 5.91 Å². The van der Waals surface area contributed by atoms with Crippen molar-refractivity contribution in [2.75, 3.05) is 13.2 Å². The van der Waals surface area contributed by atoms with Crippen LogP contribution in [0.5, 0.6) is 5.75 Å². The van der Waals surface area contributed by atoms with Gasteiger partial charge in [0.2, 0.25) is 0 Å². The van der Waals surface area contributed by atoms with E-state index in [0.29, 0.717) is 18.7 Å². The van der Waals surface area contributed by atoms with Gasteiger partial charge < -0.3 is 15.8 Å². The van der Waals surface area contributed by atoms with Crippen molar-refractivity contribution in [2.24, 2.45) is 5.73 Å². The normalized spacial score (nSPS) is 11.2. The van der Waals surface area contributed by atoms with Crippen LogP contribution in [0, 0.1) is 0 Å². The van der Waals surface area contributed by atoms with Crippen molar-refractivity contribution in [1.82, 2.24) is 5.32 Å². The highest BCUT2D eigenvalue weighted by Gasteiger charge is 2.21. The average molecular weight is 278 g/mol. The number of hydrogen-bond donors (Lipinski definition) is 2. The molecule has 1 aromatic carbocycles. The average Bonchev–Trinajstić information content (AvgIpc) is 2.50. The lowest BCUT2D eigenvalue weighted by Gasteiger charge is -2.26. The van der Waals surface area contributed by atoms with Gasteiger partial charge in [-0.25, -0.2) is 0 Å². The molecule has 0 saturated heterocycles. The summed E-state index contributed by atoms with van der Waals surface area (Å²) in [6.45, 7) is 7.26. The topological polar surface area (TPSA) is 64.3 Å². The molecule has 0 aliphatic rings. The second kappa shape index (κ2) is 7.90. The van der Waals surface area contributed by atoms with Crippen molar-refractivity contribution in [3.8, 4) is 5.75 Å². The first-order chi connectivity index (χ1) is 9.54. The number of ether oxygens (including phenoxy) is 1. The summed E-state index contributed by atoms with van der Waals surface area (Å²) in [4.78, 5) is 12.1. The lowest BCUT2D eigenvalue weighted by atomic mass is 9.94. The van der Waals surface area contributed by atoms with E-state index in [-0.39, 0.29) is 11.4 Å². The Kier molecular flexibility index (Phi) is 6.52. The molecule has 0 saturated carbocycles. The second-order valence-electron chi connectivity index (χ2n) is 5.13. The Hall–Kier alpha value is -1.55. The molecule has 3 N–H and O–H groups in total. The van der Waals surface area contributed by atoms with Gasteiger partial charge in [0.15, 0.2) is 0 Å². The van der Waals surface area contributed by atoms with Gasteiger partial charge in [-0.1, -0.05) is 26.8 Å². The maximum Gasteiger partial charge on any atom is 0.251 e. The molecule has 0 radical (unpaired) electrons. The van der Waals surface area contributed by atoms with Gasteiger partial charge >= 0.3 is 0 Å². The summed E-state index contributed by atoms with van der Waals surface area (Å²) in [6.07, 6.45) is 2.62. The van der Waals surface area contributed by atoms with E-state index >= 15 is 0 Å². The highest BCUT2D eigenvalue weighted by Crippen LogP contribution is 2.14. The zero-order chi connectivity index (χ0) is 15.0. The molecule has 1 aromatic rings. The predicted molar refractivity (Wildman–Crippen MR) is 82.1 cm³/mol. The van der Waals surface area contributed by atoms with Gasteiger partial charge in [-0.05, 0) is 37.5 Å². The van der Waals surface area contributed by atoms with Crippen molar-refractivity contribution in [3.05, 3.63) is 29.8 Å². The molecule has 0 unspecified atom stereocenters. The minimum Gasteiger partial charge on any atom is -0.494 e. The van der Waals surface area contributed by atoms with Gasteiger partial charge in [0, 0.05) is 17.6 Å². The summed E-state index contributed by atoms with van der Waals surface area (Å²) in [5.74, 6) is 0.619. The van der Waals surface area contributed by atoms with Crippen molar-refractivity contribution in [1.29, 1.82) is 0 Å². The molecule has 4 nitrogen and oxygen atoms in total. The van der Waals surface area contributed by atoms with E-state index < -0.39 is 0 Å². The van der Waals surface area contributed by atoms with Gasteiger partial charge in [0.1, 0.15) is 5.75 Å². The maximum atomic E-state index is 12.1. The SMILES string of the molecule is CCCOc1cccc(C(=O)NCC(N)(CC)CC)c1. The minimum absolute atomic E-state index is 0.108. The first-order valence-corrected chi connectivity index (χ1v) is 7.34. The van der Waals surface area contributed by atoms with Gasteiger partial charge in [-0.3, -0.25) is 4.79 Å². The van der Waals surface area contributed by atoms with Crippen molar-refractivity contribution < 1.29 is 9.53 Å². The van der Waals surface area contributed by atoms with E-state index in [4.69, 9.17) is 10.5 Å². The smallest absolute Gasteiger partial charge is 0.251 e. The Morgan fingerprint density at radius 2 is 2.00 bits per heavy atom. The fourth-order valence-corrected chi connectivity index (χ4v) is 1.81. The zero-order valence-electron chi connectivity index (χ0n) is 12.7. The Labute approximate surface area is 121 Å². The third kappa shape index (κ3) is 4.85. The minimum atomic E-state index is -0.327. The lowest BCUT2D eigenvalue weighted by Crippen LogP contribution is -2.49. The van der Waals surface area contributed by atoms with E-state index in [1.807, 2.05) is 32.9 Å².